The molecule has 3 rings (SSSR count). The first kappa shape index (κ1) is 18.1. The summed E-state index contributed by atoms with van der Waals surface area (Å²) in [6, 6.07) is 3.15. The molecule has 0 spiro atoms. The number of thiophene rings is 1. The van der Waals surface area contributed by atoms with E-state index in [0.717, 1.165) is 18.2 Å². The number of aromatic nitrogens is 1. The second-order valence-corrected chi connectivity index (χ2v) is 6.31. The maximum Gasteiger partial charge on any atom is 0.433 e. The normalized spacial score (nSPS) is 11.8. The first-order valence-electron chi connectivity index (χ1n) is 7.02. The van der Waals surface area contributed by atoms with Crippen molar-refractivity contribution in [3.8, 4) is 5.75 Å². The smallest absolute Gasteiger partial charge is 0.419 e. The third-order valence-corrected chi connectivity index (χ3v) is 4.55. The minimum absolute atomic E-state index is 0.0960. The number of nitrogens with two attached hydrogens (primary N) is 1. The lowest BCUT2D eigenvalue weighted by Gasteiger charge is -2.07. The van der Waals surface area contributed by atoms with Gasteiger partial charge in [-0.2, -0.15) is 13.2 Å². The number of halogens is 5. The van der Waals surface area contributed by atoms with Crippen molar-refractivity contribution in [1.82, 2.24) is 4.98 Å². The van der Waals surface area contributed by atoms with E-state index in [9.17, 15) is 26.7 Å². The van der Waals surface area contributed by atoms with E-state index in [1.54, 1.807) is 0 Å². The number of alkyl halides is 3. The Morgan fingerprint density at radius 2 is 1.92 bits per heavy atom. The molecule has 1 aromatic carbocycles. The van der Waals surface area contributed by atoms with E-state index in [4.69, 9.17) is 10.5 Å². The number of fused-ring (bicyclic) bond motifs is 1. The van der Waals surface area contributed by atoms with Crippen LogP contribution in [0, 0.1) is 18.6 Å². The van der Waals surface area contributed by atoms with E-state index in [1.807, 2.05) is 0 Å². The van der Waals surface area contributed by atoms with E-state index >= 15 is 0 Å². The summed E-state index contributed by atoms with van der Waals surface area (Å²) in [5, 5.41) is 0.189. The average molecular weight is 388 g/mol. The van der Waals surface area contributed by atoms with Gasteiger partial charge in [-0.15, -0.1) is 11.3 Å². The molecule has 2 aromatic heterocycles. The monoisotopic (exact) mass is 388 g/mol. The molecule has 2 N–H and O–H groups in total. The first-order chi connectivity index (χ1) is 12.1. The number of carbonyl (C=O) groups is 1. The van der Waals surface area contributed by atoms with Gasteiger partial charge in [0.05, 0.1) is 5.69 Å². The highest BCUT2D eigenvalue weighted by molar-refractivity contribution is 7.21. The molecule has 0 aliphatic heterocycles. The van der Waals surface area contributed by atoms with Crippen LogP contribution in [-0.2, 0) is 6.18 Å². The van der Waals surface area contributed by atoms with E-state index in [1.165, 1.54) is 6.92 Å². The molecule has 3 aromatic rings. The fraction of sp³-hybridized carbons (Fsp3) is 0.125. The maximum absolute atomic E-state index is 13.6. The standard InChI is InChI=1S/C16H9F5N2O2S/c1-6-4-10(16(19,20)21)23-14-11(6)12(22)13(26-14)15(24)25-9-3-2-7(17)5-8(9)18/h2-5H,22H2,1H3. The molecule has 0 atom stereocenters. The number of nitrogen functional groups attached to an aromatic ring is 1. The number of hydrogen-bond donors (Lipinski definition) is 1. The van der Waals surface area contributed by atoms with Crippen LogP contribution in [0.25, 0.3) is 10.2 Å². The van der Waals surface area contributed by atoms with Crippen molar-refractivity contribution >= 4 is 33.2 Å². The van der Waals surface area contributed by atoms with Crippen LogP contribution in [-0.4, -0.2) is 11.0 Å². The second kappa shape index (κ2) is 6.20. The summed E-state index contributed by atoms with van der Waals surface area (Å²) in [5.41, 5.74) is 4.80. The first-order valence-corrected chi connectivity index (χ1v) is 7.83. The quantitative estimate of drug-likeness (QED) is 0.393. The summed E-state index contributed by atoms with van der Waals surface area (Å²) in [6.45, 7) is 1.40. The minimum atomic E-state index is -4.66. The van der Waals surface area contributed by atoms with Crippen LogP contribution < -0.4 is 10.5 Å². The molecule has 2 heterocycles. The molecule has 26 heavy (non-hydrogen) atoms. The van der Waals surface area contributed by atoms with Gasteiger partial charge in [0.15, 0.2) is 11.6 Å². The molecule has 0 amide bonds. The van der Waals surface area contributed by atoms with Crippen LogP contribution >= 0.6 is 11.3 Å². The van der Waals surface area contributed by atoms with Crippen LogP contribution in [0.3, 0.4) is 0 Å². The summed E-state index contributed by atoms with van der Waals surface area (Å²) in [4.78, 5) is 15.4. The largest absolute Gasteiger partial charge is 0.433 e. The van der Waals surface area contributed by atoms with E-state index < -0.39 is 35.2 Å². The zero-order valence-electron chi connectivity index (χ0n) is 12.9. The number of benzene rings is 1. The van der Waals surface area contributed by atoms with Crippen molar-refractivity contribution in [3.63, 3.8) is 0 Å². The molecule has 0 aliphatic carbocycles. The van der Waals surface area contributed by atoms with Crippen LogP contribution in [0.2, 0.25) is 0 Å². The summed E-state index contributed by atoms with van der Waals surface area (Å²) in [6.07, 6.45) is -4.66. The predicted molar refractivity (Wildman–Crippen MR) is 85.1 cm³/mol. The zero-order valence-corrected chi connectivity index (χ0v) is 13.8. The van der Waals surface area contributed by atoms with E-state index in [-0.39, 0.29) is 26.3 Å². The third-order valence-electron chi connectivity index (χ3n) is 3.47. The van der Waals surface area contributed by atoms with Gasteiger partial charge in [-0.05, 0) is 30.7 Å². The molecule has 0 aliphatic rings. The Balaban J connectivity index is 2.03. The minimum Gasteiger partial charge on any atom is -0.419 e. The highest BCUT2D eigenvalue weighted by Gasteiger charge is 2.34. The topological polar surface area (TPSA) is 65.2 Å². The summed E-state index contributed by atoms with van der Waals surface area (Å²) >= 11 is 0.598. The van der Waals surface area contributed by atoms with Crippen LogP contribution in [0.1, 0.15) is 20.9 Å². The third kappa shape index (κ3) is 3.19. The molecular weight excluding hydrogens is 379 g/mol. The zero-order chi connectivity index (χ0) is 19.2. The number of pyridine rings is 1. The molecule has 0 saturated carbocycles. The molecule has 136 valence electrons. The molecule has 0 saturated heterocycles. The molecule has 0 unspecified atom stereocenters. The lowest BCUT2D eigenvalue weighted by atomic mass is 10.1. The van der Waals surface area contributed by atoms with Crippen molar-refractivity contribution < 1.29 is 31.5 Å². The summed E-state index contributed by atoms with van der Waals surface area (Å²) in [5.74, 6) is -3.58. The Bertz CT molecular complexity index is 1030. The van der Waals surface area contributed by atoms with Gasteiger partial charge in [-0.1, -0.05) is 0 Å². The maximum atomic E-state index is 13.6. The molecule has 0 bridgehead atoms. The fourth-order valence-corrected chi connectivity index (χ4v) is 3.36. The molecular formula is C16H9F5N2O2S. The van der Waals surface area contributed by atoms with Gasteiger partial charge in [-0.25, -0.2) is 18.6 Å². The number of rotatable bonds is 2. The van der Waals surface area contributed by atoms with E-state index in [0.29, 0.717) is 17.4 Å². The van der Waals surface area contributed by atoms with Crippen molar-refractivity contribution in [2.45, 2.75) is 13.1 Å². The van der Waals surface area contributed by atoms with Gasteiger partial charge in [0.25, 0.3) is 0 Å². The lowest BCUT2D eigenvalue weighted by molar-refractivity contribution is -0.141. The van der Waals surface area contributed by atoms with Crippen molar-refractivity contribution in [3.05, 3.63) is 52.0 Å². The highest BCUT2D eigenvalue weighted by atomic mass is 32.1. The predicted octanol–water partition coefficient (Wildman–Crippen LogP) is 4.70. The molecule has 0 fully saturated rings. The second-order valence-electron chi connectivity index (χ2n) is 5.31. The van der Waals surface area contributed by atoms with Gasteiger partial charge in [0, 0.05) is 11.5 Å². The van der Waals surface area contributed by atoms with Crippen molar-refractivity contribution in [1.29, 1.82) is 0 Å². The Labute approximate surface area is 147 Å². The summed E-state index contributed by atoms with van der Waals surface area (Å²) in [7, 11) is 0. The fourth-order valence-electron chi connectivity index (χ4n) is 2.31. The van der Waals surface area contributed by atoms with Gasteiger partial charge < -0.3 is 10.5 Å². The molecule has 10 heteroatoms. The van der Waals surface area contributed by atoms with Crippen LogP contribution in [0.4, 0.5) is 27.6 Å². The average Bonchev–Trinajstić information content (AvgIpc) is 2.87. The van der Waals surface area contributed by atoms with Crippen LogP contribution in [0.5, 0.6) is 5.75 Å². The van der Waals surface area contributed by atoms with Crippen molar-refractivity contribution in [2.24, 2.45) is 0 Å². The Kier molecular flexibility index (Phi) is 4.31. The summed E-state index contributed by atoms with van der Waals surface area (Å²) < 4.78 is 69.9. The lowest BCUT2D eigenvalue weighted by Crippen LogP contribution is -2.10. The number of esters is 1. The number of ether oxygens (including phenoxy) is 1. The number of hydrogen-bond acceptors (Lipinski definition) is 5. The molecule has 4 nitrogen and oxygen atoms in total. The number of carbonyl (C=O) groups excluding carboxylic acids is 1. The SMILES string of the molecule is Cc1cc(C(F)(F)F)nc2sc(C(=O)Oc3ccc(F)cc3F)c(N)c12. The van der Waals surface area contributed by atoms with Crippen LogP contribution in [0.15, 0.2) is 24.3 Å². The van der Waals surface area contributed by atoms with Crippen molar-refractivity contribution in [2.75, 3.05) is 5.73 Å². The number of anilines is 1. The van der Waals surface area contributed by atoms with E-state index in [2.05, 4.69) is 4.98 Å². The Morgan fingerprint density at radius 3 is 2.54 bits per heavy atom. The highest BCUT2D eigenvalue weighted by Crippen LogP contribution is 2.38. The van der Waals surface area contributed by atoms with Gasteiger partial charge >= 0.3 is 12.1 Å². The number of aryl methyl sites for hydroxylation is 1. The van der Waals surface area contributed by atoms with Gasteiger partial charge in [-0.3, -0.25) is 0 Å². The Hall–Kier alpha value is -2.75. The van der Waals surface area contributed by atoms with Gasteiger partial charge in [0.2, 0.25) is 0 Å². The number of nitrogens with zero attached hydrogens (tertiary/aromatic N) is 1. The Morgan fingerprint density at radius 1 is 1.23 bits per heavy atom. The molecule has 0 radical (unpaired) electrons. The van der Waals surface area contributed by atoms with Gasteiger partial charge in [0.1, 0.15) is 21.2 Å².